The van der Waals surface area contributed by atoms with Gasteiger partial charge in [0.15, 0.2) is 0 Å². The molecule has 3 heteroatoms. The van der Waals surface area contributed by atoms with Crippen LogP contribution in [0, 0.1) is 6.92 Å². The molecule has 1 aromatic heterocycles. The Balaban J connectivity index is 1.46. The van der Waals surface area contributed by atoms with Crippen molar-refractivity contribution in [1.82, 2.24) is 4.57 Å². The third-order valence-corrected chi connectivity index (χ3v) is 7.87. The lowest BCUT2D eigenvalue weighted by atomic mass is 10.0. The third-order valence-electron chi connectivity index (χ3n) is 7.87. The molecule has 7 aromatic rings. The van der Waals surface area contributed by atoms with E-state index in [0.29, 0.717) is 0 Å². The van der Waals surface area contributed by atoms with Crippen LogP contribution in [-0.2, 0) is 0 Å². The fourth-order valence-corrected chi connectivity index (χ4v) is 5.85. The van der Waals surface area contributed by atoms with E-state index in [9.17, 15) is 0 Å². The van der Waals surface area contributed by atoms with Crippen molar-refractivity contribution in [3.63, 3.8) is 0 Å². The lowest BCUT2D eigenvalue weighted by Gasteiger charge is -2.26. The van der Waals surface area contributed by atoms with E-state index < -0.39 is 0 Å². The van der Waals surface area contributed by atoms with Crippen LogP contribution in [0.25, 0.3) is 38.6 Å². The summed E-state index contributed by atoms with van der Waals surface area (Å²) in [5, 5.41) is 2.41. The number of aliphatic imine (C=N–C) groups is 1. The van der Waals surface area contributed by atoms with E-state index in [1.54, 1.807) is 0 Å². The highest BCUT2D eigenvalue weighted by Crippen LogP contribution is 2.36. The van der Waals surface area contributed by atoms with Crippen LogP contribution in [0.2, 0.25) is 0 Å². The van der Waals surface area contributed by atoms with Crippen molar-refractivity contribution in [1.29, 1.82) is 0 Å². The highest BCUT2D eigenvalue weighted by molar-refractivity contribution is 6.18. The molecule has 0 N–H and O–H groups in total. The smallest absolute Gasteiger partial charge is 0.139 e. The third kappa shape index (κ3) is 4.55. The Labute approximate surface area is 246 Å². The summed E-state index contributed by atoms with van der Waals surface area (Å²) in [6.45, 7) is 2.13. The predicted molar refractivity (Wildman–Crippen MR) is 178 cm³/mol. The van der Waals surface area contributed by atoms with Gasteiger partial charge >= 0.3 is 0 Å². The van der Waals surface area contributed by atoms with Gasteiger partial charge in [0, 0.05) is 40.4 Å². The van der Waals surface area contributed by atoms with E-state index in [2.05, 4.69) is 156 Å². The molecule has 0 amide bonds. The zero-order valence-corrected chi connectivity index (χ0v) is 23.8. The Hall–Kier alpha value is -5.41. The number of benzene rings is 6. The highest BCUT2D eigenvalue weighted by Gasteiger charge is 2.20. The van der Waals surface area contributed by atoms with Gasteiger partial charge in [-0.15, -0.1) is 0 Å². The van der Waals surface area contributed by atoms with E-state index >= 15 is 0 Å². The number of para-hydroxylation sites is 3. The maximum Gasteiger partial charge on any atom is 0.139 e. The number of fused-ring (bicyclic) bond motifs is 3. The molecule has 0 saturated heterocycles. The summed E-state index contributed by atoms with van der Waals surface area (Å²) in [6.07, 6.45) is 0. The summed E-state index contributed by atoms with van der Waals surface area (Å²) >= 11 is 0. The van der Waals surface area contributed by atoms with Crippen molar-refractivity contribution in [2.24, 2.45) is 4.99 Å². The topological polar surface area (TPSA) is 20.5 Å². The van der Waals surface area contributed by atoms with Crippen LogP contribution in [0.5, 0.6) is 0 Å². The lowest BCUT2D eigenvalue weighted by Crippen LogP contribution is -2.27. The van der Waals surface area contributed by atoms with Crippen molar-refractivity contribution in [2.45, 2.75) is 6.92 Å². The first-order chi connectivity index (χ1) is 20.7. The summed E-state index contributed by atoms with van der Waals surface area (Å²) in [7, 11) is 1.88. The first kappa shape index (κ1) is 25.6. The molecule has 42 heavy (non-hydrogen) atoms. The van der Waals surface area contributed by atoms with Crippen LogP contribution in [0.1, 0.15) is 11.1 Å². The number of amidine groups is 1. The Kier molecular flexibility index (Phi) is 6.61. The van der Waals surface area contributed by atoms with Gasteiger partial charge in [-0.3, -0.25) is 9.89 Å². The summed E-state index contributed by atoms with van der Waals surface area (Å²) in [5.74, 6) is 0.893. The number of nitrogens with zero attached hydrogens (tertiary/aromatic N) is 3. The lowest BCUT2D eigenvalue weighted by molar-refractivity contribution is 1.18. The Bertz CT molecular complexity index is 1980. The van der Waals surface area contributed by atoms with Crippen molar-refractivity contribution in [3.05, 3.63) is 163 Å². The van der Waals surface area contributed by atoms with Gasteiger partial charge in [-0.2, -0.15) is 0 Å². The van der Waals surface area contributed by atoms with E-state index in [0.717, 1.165) is 28.5 Å². The summed E-state index contributed by atoms with van der Waals surface area (Å²) < 4.78 is 2.36. The quantitative estimate of drug-likeness (QED) is 0.157. The number of hydrogen-bond donors (Lipinski definition) is 0. The van der Waals surface area contributed by atoms with Crippen molar-refractivity contribution >= 4 is 39.0 Å². The molecular formula is C39H31N3. The van der Waals surface area contributed by atoms with E-state index in [4.69, 9.17) is 4.99 Å². The molecule has 6 aromatic carbocycles. The molecule has 0 unspecified atom stereocenters. The molecule has 0 aliphatic heterocycles. The minimum atomic E-state index is 0.893. The molecular weight excluding hydrogens is 510 g/mol. The van der Waals surface area contributed by atoms with E-state index in [-0.39, 0.29) is 0 Å². The fourth-order valence-electron chi connectivity index (χ4n) is 5.85. The molecule has 0 saturated carbocycles. The van der Waals surface area contributed by atoms with Crippen LogP contribution >= 0.6 is 0 Å². The Morgan fingerprint density at radius 3 is 1.67 bits per heavy atom. The van der Waals surface area contributed by atoms with E-state index in [1.165, 1.54) is 38.5 Å². The van der Waals surface area contributed by atoms with E-state index in [1.807, 2.05) is 19.2 Å². The summed E-state index contributed by atoms with van der Waals surface area (Å²) in [5.41, 5.74) is 10.4. The van der Waals surface area contributed by atoms with Gasteiger partial charge in [0.2, 0.25) is 0 Å². The van der Waals surface area contributed by atoms with Gasteiger partial charge in [-0.1, -0.05) is 90.5 Å². The second-order valence-corrected chi connectivity index (χ2v) is 10.6. The SMILES string of the molecule is CN=C(c1ccc2c(c1)c1cc(-c3ccc(C)cc3)ccc1n2-c1ccccc1)N(c1ccccc1)c1ccccc1. The molecule has 7 rings (SSSR count). The zero-order chi connectivity index (χ0) is 28.5. The molecule has 0 bridgehead atoms. The Morgan fingerprint density at radius 1 is 0.548 bits per heavy atom. The van der Waals surface area contributed by atoms with Crippen molar-refractivity contribution in [2.75, 3.05) is 11.9 Å². The predicted octanol–water partition coefficient (Wildman–Crippen LogP) is 9.97. The molecule has 0 spiro atoms. The molecule has 0 radical (unpaired) electrons. The maximum absolute atomic E-state index is 4.87. The fraction of sp³-hybridized carbons (Fsp3) is 0.0513. The first-order valence-electron chi connectivity index (χ1n) is 14.3. The molecule has 0 aliphatic rings. The number of hydrogen-bond acceptors (Lipinski definition) is 1. The molecule has 0 aliphatic carbocycles. The average Bonchev–Trinajstić information content (AvgIpc) is 3.38. The summed E-state index contributed by atoms with van der Waals surface area (Å²) in [6, 6.07) is 53.8. The second kappa shape index (κ2) is 10.9. The minimum Gasteiger partial charge on any atom is -0.309 e. The van der Waals surface area contributed by atoms with Crippen LogP contribution in [-0.4, -0.2) is 17.5 Å². The van der Waals surface area contributed by atoms with Gasteiger partial charge in [-0.05, 0) is 84.8 Å². The highest BCUT2D eigenvalue weighted by atomic mass is 15.2. The molecule has 1 heterocycles. The second-order valence-electron chi connectivity index (χ2n) is 10.6. The number of aromatic nitrogens is 1. The number of aryl methyl sites for hydroxylation is 1. The first-order valence-corrected chi connectivity index (χ1v) is 14.3. The zero-order valence-electron chi connectivity index (χ0n) is 23.8. The largest absolute Gasteiger partial charge is 0.309 e. The normalized spacial score (nSPS) is 11.7. The molecule has 0 fully saturated rings. The van der Waals surface area contributed by atoms with Gasteiger partial charge in [0.05, 0.1) is 11.0 Å². The monoisotopic (exact) mass is 541 g/mol. The van der Waals surface area contributed by atoms with Crippen LogP contribution in [0.3, 0.4) is 0 Å². The average molecular weight is 542 g/mol. The number of rotatable bonds is 5. The number of anilines is 2. The van der Waals surface area contributed by atoms with Gasteiger partial charge in [0.1, 0.15) is 5.84 Å². The van der Waals surface area contributed by atoms with Crippen LogP contribution in [0.4, 0.5) is 11.4 Å². The Morgan fingerprint density at radius 2 is 1.07 bits per heavy atom. The van der Waals surface area contributed by atoms with Gasteiger partial charge < -0.3 is 4.57 Å². The maximum atomic E-state index is 4.87. The molecule has 3 nitrogen and oxygen atoms in total. The van der Waals surface area contributed by atoms with Gasteiger partial charge in [0.25, 0.3) is 0 Å². The van der Waals surface area contributed by atoms with Gasteiger partial charge in [-0.25, -0.2) is 0 Å². The molecule has 0 atom stereocenters. The summed E-state index contributed by atoms with van der Waals surface area (Å²) in [4.78, 5) is 7.10. The molecule has 202 valence electrons. The van der Waals surface area contributed by atoms with Crippen LogP contribution < -0.4 is 4.90 Å². The van der Waals surface area contributed by atoms with Crippen molar-refractivity contribution in [3.8, 4) is 16.8 Å². The van der Waals surface area contributed by atoms with Crippen LogP contribution in [0.15, 0.2) is 157 Å². The minimum absolute atomic E-state index is 0.893. The standard InChI is InChI=1S/C39H31N3/c1-28-18-20-29(21-19-28)30-22-24-37-35(26-30)36-27-31(23-25-38(36)42(37)34-16-10-5-11-17-34)39(40-2)41(32-12-6-3-7-13-32)33-14-8-4-9-15-33/h3-27H,1-2H3. The van der Waals surface area contributed by atoms with Crippen molar-refractivity contribution < 1.29 is 0 Å².